The summed E-state index contributed by atoms with van der Waals surface area (Å²) in [7, 11) is 3.08. The molecular weight excluding hydrogens is 194 g/mol. The van der Waals surface area contributed by atoms with Gasteiger partial charge in [-0.3, -0.25) is 4.79 Å². The number of hydrogen-bond acceptors (Lipinski definition) is 3. The number of benzene rings is 1. The smallest absolute Gasteiger partial charge is 0.249 e. The molecule has 0 unspecified atom stereocenters. The first kappa shape index (κ1) is 11.4. The summed E-state index contributed by atoms with van der Waals surface area (Å²) in [5.41, 5.74) is 6.61. The molecule has 0 aliphatic heterocycles. The maximum Gasteiger partial charge on any atom is 0.249 e. The number of nitrogens with two attached hydrogens (primary N) is 1. The summed E-state index contributed by atoms with van der Waals surface area (Å²) in [6.07, 6.45) is 0.721. The van der Waals surface area contributed by atoms with Crippen LogP contribution in [0.1, 0.15) is 22.8 Å². The van der Waals surface area contributed by atoms with Crippen molar-refractivity contribution in [3.05, 3.63) is 23.3 Å². The van der Waals surface area contributed by atoms with Gasteiger partial charge in [-0.1, -0.05) is 6.92 Å². The van der Waals surface area contributed by atoms with Crippen LogP contribution < -0.4 is 15.2 Å². The zero-order valence-corrected chi connectivity index (χ0v) is 9.16. The fourth-order valence-corrected chi connectivity index (χ4v) is 1.44. The maximum absolute atomic E-state index is 11.2. The first-order valence-corrected chi connectivity index (χ1v) is 4.68. The lowest BCUT2D eigenvalue weighted by Gasteiger charge is -2.11. The van der Waals surface area contributed by atoms with E-state index in [9.17, 15) is 4.79 Å². The number of primary amides is 1. The Morgan fingerprint density at radius 2 is 1.80 bits per heavy atom. The lowest BCUT2D eigenvalue weighted by molar-refractivity contribution is 0.0999. The highest BCUT2D eigenvalue weighted by molar-refractivity contribution is 5.95. The second kappa shape index (κ2) is 4.68. The van der Waals surface area contributed by atoms with Crippen molar-refractivity contribution in [3.63, 3.8) is 0 Å². The number of ether oxygens (including phenoxy) is 2. The third-order valence-electron chi connectivity index (χ3n) is 2.26. The monoisotopic (exact) mass is 209 g/mol. The third kappa shape index (κ3) is 2.21. The molecule has 0 radical (unpaired) electrons. The van der Waals surface area contributed by atoms with Gasteiger partial charge < -0.3 is 15.2 Å². The zero-order valence-electron chi connectivity index (χ0n) is 9.16. The highest BCUT2D eigenvalue weighted by Gasteiger charge is 2.13. The van der Waals surface area contributed by atoms with Gasteiger partial charge in [0.1, 0.15) is 0 Å². The molecule has 0 fully saturated rings. The lowest BCUT2D eigenvalue weighted by atomic mass is 10.0. The van der Waals surface area contributed by atoms with Crippen molar-refractivity contribution in [1.82, 2.24) is 0 Å². The fourth-order valence-electron chi connectivity index (χ4n) is 1.44. The molecule has 0 aliphatic rings. The van der Waals surface area contributed by atoms with Crippen LogP contribution in [0, 0.1) is 0 Å². The van der Waals surface area contributed by atoms with Crippen LogP contribution >= 0.6 is 0 Å². The highest BCUT2D eigenvalue weighted by atomic mass is 16.5. The highest BCUT2D eigenvalue weighted by Crippen LogP contribution is 2.30. The third-order valence-corrected chi connectivity index (χ3v) is 2.26. The summed E-state index contributed by atoms with van der Waals surface area (Å²) in [5.74, 6) is 0.677. The Bertz CT molecular complexity index is 374. The van der Waals surface area contributed by atoms with E-state index in [1.54, 1.807) is 19.2 Å². The summed E-state index contributed by atoms with van der Waals surface area (Å²) in [4.78, 5) is 11.2. The van der Waals surface area contributed by atoms with Crippen LogP contribution in [-0.4, -0.2) is 20.1 Å². The number of amides is 1. The van der Waals surface area contributed by atoms with Crippen LogP contribution in [0.15, 0.2) is 12.1 Å². The number of hydrogen-bond donors (Lipinski definition) is 1. The van der Waals surface area contributed by atoms with Crippen molar-refractivity contribution in [3.8, 4) is 11.5 Å². The molecule has 4 heteroatoms. The van der Waals surface area contributed by atoms with Gasteiger partial charge in [0.25, 0.3) is 0 Å². The Morgan fingerprint density at radius 1 is 1.27 bits per heavy atom. The van der Waals surface area contributed by atoms with Gasteiger partial charge in [0.15, 0.2) is 11.5 Å². The molecule has 82 valence electrons. The second-order valence-corrected chi connectivity index (χ2v) is 3.08. The molecule has 0 aliphatic carbocycles. The van der Waals surface area contributed by atoms with Crippen LogP contribution in [0.2, 0.25) is 0 Å². The molecule has 0 atom stereocenters. The van der Waals surface area contributed by atoms with Crippen molar-refractivity contribution < 1.29 is 14.3 Å². The summed E-state index contributed by atoms with van der Waals surface area (Å²) < 4.78 is 10.2. The summed E-state index contributed by atoms with van der Waals surface area (Å²) in [6.45, 7) is 1.95. The van der Waals surface area contributed by atoms with E-state index in [0.29, 0.717) is 17.1 Å². The van der Waals surface area contributed by atoms with E-state index < -0.39 is 5.91 Å². The van der Waals surface area contributed by atoms with Crippen LogP contribution in [0.4, 0.5) is 0 Å². The van der Waals surface area contributed by atoms with E-state index in [1.165, 1.54) is 7.11 Å². The van der Waals surface area contributed by atoms with Gasteiger partial charge in [-0.2, -0.15) is 0 Å². The van der Waals surface area contributed by atoms with Crippen LogP contribution in [0.5, 0.6) is 11.5 Å². The second-order valence-electron chi connectivity index (χ2n) is 3.08. The average molecular weight is 209 g/mol. The molecule has 1 aromatic rings. The number of aryl methyl sites for hydroxylation is 1. The minimum absolute atomic E-state index is 0.451. The van der Waals surface area contributed by atoms with E-state index in [1.807, 2.05) is 6.92 Å². The average Bonchev–Trinajstić information content (AvgIpc) is 2.26. The molecule has 0 aromatic heterocycles. The van der Waals surface area contributed by atoms with Crippen LogP contribution in [0.25, 0.3) is 0 Å². The summed E-state index contributed by atoms with van der Waals surface area (Å²) >= 11 is 0. The largest absolute Gasteiger partial charge is 0.493 e. The van der Waals surface area contributed by atoms with Crippen LogP contribution in [0.3, 0.4) is 0 Å². The van der Waals surface area contributed by atoms with E-state index in [-0.39, 0.29) is 0 Å². The first-order chi connectivity index (χ1) is 7.13. The summed E-state index contributed by atoms with van der Waals surface area (Å²) in [6, 6.07) is 3.39. The molecule has 1 amide bonds. The van der Waals surface area contributed by atoms with Gasteiger partial charge in [-0.05, 0) is 24.1 Å². The molecule has 0 spiro atoms. The number of carbonyl (C=O) groups excluding carboxylic acids is 1. The summed E-state index contributed by atoms with van der Waals surface area (Å²) in [5, 5.41) is 0. The minimum atomic E-state index is -0.451. The zero-order chi connectivity index (χ0) is 11.4. The molecule has 1 aromatic carbocycles. The van der Waals surface area contributed by atoms with Gasteiger partial charge in [0.2, 0.25) is 5.91 Å². The molecule has 1 rings (SSSR count). The first-order valence-electron chi connectivity index (χ1n) is 4.68. The van der Waals surface area contributed by atoms with Gasteiger partial charge in [0.05, 0.1) is 14.2 Å². The molecule has 2 N–H and O–H groups in total. The SMILES string of the molecule is CCc1cc(OC)c(OC)cc1C(N)=O. The predicted octanol–water partition coefficient (Wildman–Crippen LogP) is 1.37. The Labute approximate surface area is 89.0 Å². The topological polar surface area (TPSA) is 61.6 Å². The van der Waals surface area contributed by atoms with Crippen molar-refractivity contribution in [2.24, 2.45) is 5.73 Å². The van der Waals surface area contributed by atoms with E-state index in [4.69, 9.17) is 15.2 Å². The number of carbonyl (C=O) groups is 1. The fraction of sp³-hybridized carbons (Fsp3) is 0.364. The molecule has 0 bridgehead atoms. The maximum atomic E-state index is 11.2. The minimum Gasteiger partial charge on any atom is -0.493 e. The molecular formula is C11H15NO3. The molecule has 0 saturated heterocycles. The quantitative estimate of drug-likeness (QED) is 0.814. The van der Waals surface area contributed by atoms with E-state index in [2.05, 4.69) is 0 Å². The van der Waals surface area contributed by atoms with E-state index in [0.717, 1.165) is 12.0 Å². The predicted molar refractivity (Wildman–Crippen MR) is 57.4 cm³/mol. The van der Waals surface area contributed by atoms with Gasteiger partial charge in [0, 0.05) is 5.56 Å². The van der Waals surface area contributed by atoms with Crippen LogP contribution in [-0.2, 0) is 6.42 Å². The van der Waals surface area contributed by atoms with Gasteiger partial charge in [-0.15, -0.1) is 0 Å². The Kier molecular flexibility index (Phi) is 3.55. The number of rotatable bonds is 4. The van der Waals surface area contributed by atoms with Gasteiger partial charge in [-0.25, -0.2) is 0 Å². The molecule has 4 nitrogen and oxygen atoms in total. The normalized spacial score (nSPS) is 9.80. The molecule has 0 saturated carbocycles. The lowest BCUT2D eigenvalue weighted by Crippen LogP contribution is -2.14. The van der Waals surface area contributed by atoms with Crippen molar-refractivity contribution in [2.75, 3.05) is 14.2 Å². The Morgan fingerprint density at radius 3 is 2.20 bits per heavy atom. The van der Waals surface area contributed by atoms with E-state index >= 15 is 0 Å². The number of methoxy groups -OCH3 is 2. The molecule has 0 heterocycles. The van der Waals surface area contributed by atoms with Crippen molar-refractivity contribution >= 4 is 5.91 Å². The van der Waals surface area contributed by atoms with Crippen molar-refractivity contribution in [1.29, 1.82) is 0 Å². The Hall–Kier alpha value is -1.71. The standard InChI is InChI=1S/C11H15NO3/c1-4-7-5-9(14-2)10(15-3)6-8(7)11(12)13/h5-6H,4H2,1-3H3,(H2,12,13). The van der Waals surface area contributed by atoms with Crippen molar-refractivity contribution in [2.45, 2.75) is 13.3 Å². The Balaban J connectivity index is 3.34. The van der Waals surface area contributed by atoms with Gasteiger partial charge >= 0.3 is 0 Å². The molecule has 15 heavy (non-hydrogen) atoms.